The Hall–Kier alpha value is -3.39. The first-order valence-electron chi connectivity index (χ1n) is 8.51. The summed E-state index contributed by atoms with van der Waals surface area (Å²) >= 11 is 0. The van der Waals surface area contributed by atoms with Crippen LogP contribution in [0.3, 0.4) is 0 Å². The number of nitrogens with one attached hydrogen (secondary N) is 2. The highest BCUT2D eigenvalue weighted by Crippen LogP contribution is 2.34. The molecule has 0 amide bonds. The number of para-hydroxylation sites is 1. The van der Waals surface area contributed by atoms with Gasteiger partial charge in [-0.05, 0) is 30.3 Å². The summed E-state index contributed by atoms with van der Waals surface area (Å²) < 4.78 is 30.9. The number of hydrogen-bond donors (Lipinski definition) is 2. The molecule has 7 nitrogen and oxygen atoms in total. The molecule has 0 bridgehead atoms. The van der Waals surface area contributed by atoms with Crippen LogP contribution in [-0.4, -0.2) is 31.8 Å². The number of anilines is 3. The second-order valence-electron chi connectivity index (χ2n) is 6.29. The summed E-state index contributed by atoms with van der Waals surface area (Å²) in [6.07, 6.45) is 2.82. The summed E-state index contributed by atoms with van der Waals surface area (Å²) in [4.78, 5) is 9.15. The molecule has 0 spiro atoms. The molecule has 0 unspecified atom stereocenters. The van der Waals surface area contributed by atoms with Gasteiger partial charge < -0.3 is 10.1 Å². The molecule has 2 aromatic heterocycles. The van der Waals surface area contributed by atoms with Crippen LogP contribution in [-0.2, 0) is 10.0 Å². The lowest BCUT2D eigenvalue weighted by molar-refractivity contribution is 0.417. The summed E-state index contributed by atoms with van der Waals surface area (Å²) in [5.41, 5.74) is 4.32. The third-order valence-electron chi connectivity index (χ3n) is 4.20. The lowest BCUT2D eigenvalue weighted by Crippen LogP contribution is -2.10. The minimum absolute atomic E-state index is 0.373. The Kier molecular flexibility index (Phi) is 4.48. The molecule has 0 aliphatic heterocycles. The number of aromatic nitrogens is 2. The van der Waals surface area contributed by atoms with Gasteiger partial charge in [0.1, 0.15) is 11.3 Å². The van der Waals surface area contributed by atoms with Gasteiger partial charge >= 0.3 is 0 Å². The van der Waals surface area contributed by atoms with Crippen LogP contribution in [0.5, 0.6) is 5.75 Å². The lowest BCUT2D eigenvalue weighted by Gasteiger charge is -2.15. The zero-order chi connectivity index (χ0) is 19.7. The number of methoxy groups -OCH3 is 1. The quantitative estimate of drug-likeness (QED) is 0.499. The molecule has 0 saturated carbocycles. The van der Waals surface area contributed by atoms with Crippen LogP contribution in [0.2, 0.25) is 0 Å². The Balaban J connectivity index is 1.83. The molecule has 28 heavy (non-hydrogen) atoms. The number of fused-ring (bicyclic) bond motifs is 2. The van der Waals surface area contributed by atoms with Crippen LogP contribution in [0, 0.1) is 0 Å². The number of pyridine rings is 2. The van der Waals surface area contributed by atoms with Crippen molar-refractivity contribution in [3.8, 4) is 5.75 Å². The molecule has 4 rings (SSSR count). The number of benzene rings is 2. The molecular weight excluding hydrogens is 376 g/mol. The summed E-state index contributed by atoms with van der Waals surface area (Å²) in [5.74, 6) is 0.408. The predicted molar refractivity (Wildman–Crippen MR) is 112 cm³/mol. The van der Waals surface area contributed by atoms with Crippen molar-refractivity contribution in [1.82, 2.24) is 9.97 Å². The van der Waals surface area contributed by atoms with Crippen molar-refractivity contribution in [3.05, 3.63) is 60.8 Å². The average Bonchev–Trinajstić information content (AvgIpc) is 2.67. The third-order valence-corrected chi connectivity index (χ3v) is 4.79. The Bertz CT molecular complexity index is 1240. The second-order valence-corrected chi connectivity index (χ2v) is 8.04. The molecule has 0 radical (unpaired) electrons. The molecule has 2 heterocycles. The monoisotopic (exact) mass is 394 g/mol. The van der Waals surface area contributed by atoms with E-state index in [0.29, 0.717) is 11.4 Å². The number of nitrogens with zero attached hydrogens (tertiary/aromatic N) is 2. The molecule has 2 N–H and O–H groups in total. The first-order chi connectivity index (χ1) is 13.4. The molecule has 142 valence electrons. The fourth-order valence-electron chi connectivity index (χ4n) is 3.04. The van der Waals surface area contributed by atoms with Gasteiger partial charge in [0.15, 0.2) is 0 Å². The predicted octanol–water partition coefficient (Wildman–Crippen LogP) is 3.91. The zero-order valence-electron chi connectivity index (χ0n) is 15.3. The van der Waals surface area contributed by atoms with Crippen molar-refractivity contribution < 1.29 is 13.2 Å². The SMILES string of the molecule is COc1cc(Nc2c3ccccc3nc3cccnc23)ccc1NS(C)(=O)=O. The number of hydrogen-bond acceptors (Lipinski definition) is 6. The van der Waals surface area contributed by atoms with E-state index in [9.17, 15) is 8.42 Å². The van der Waals surface area contributed by atoms with E-state index in [-0.39, 0.29) is 0 Å². The molecule has 0 fully saturated rings. The van der Waals surface area contributed by atoms with Gasteiger partial charge in [-0.25, -0.2) is 13.4 Å². The minimum Gasteiger partial charge on any atom is -0.494 e. The fourth-order valence-corrected chi connectivity index (χ4v) is 3.61. The molecule has 2 aromatic carbocycles. The maximum Gasteiger partial charge on any atom is 0.229 e. The first kappa shape index (κ1) is 18.0. The lowest BCUT2D eigenvalue weighted by atomic mass is 10.1. The van der Waals surface area contributed by atoms with Crippen LogP contribution in [0.25, 0.3) is 21.9 Å². The van der Waals surface area contributed by atoms with Gasteiger partial charge in [0, 0.05) is 23.3 Å². The van der Waals surface area contributed by atoms with E-state index in [1.165, 1.54) is 7.11 Å². The zero-order valence-corrected chi connectivity index (χ0v) is 16.1. The molecule has 0 aliphatic rings. The summed E-state index contributed by atoms with van der Waals surface area (Å²) in [6, 6.07) is 16.8. The summed E-state index contributed by atoms with van der Waals surface area (Å²) in [6.45, 7) is 0. The van der Waals surface area contributed by atoms with Gasteiger partial charge in [-0.3, -0.25) is 9.71 Å². The van der Waals surface area contributed by atoms with E-state index >= 15 is 0 Å². The molecule has 0 aliphatic carbocycles. The van der Waals surface area contributed by atoms with E-state index < -0.39 is 10.0 Å². The van der Waals surface area contributed by atoms with Crippen LogP contribution in [0.15, 0.2) is 60.8 Å². The fraction of sp³-hybridized carbons (Fsp3) is 0.100. The van der Waals surface area contributed by atoms with Gasteiger partial charge in [-0.2, -0.15) is 0 Å². The third kappa shape index (κ3) is 3.54. The summed E-state index contributed by atoms with van der Waals surface area (Å²) in [7, 11) is -1.92. The highest BCUT2D eigenvalue weighted by molar-refractivity contribution is 7.92. The molecule has 4 aromatic rings. The van der Waals surface area contributed by atoms with Crippen molar-refractivity contribution in [2.75, 3.05) is 23.4 Å². The van der Waals surface area contributed by atoms with Gasteiger partial charge in [-0.15, -0.1) is 0 Å². The second kappa shape index (κ2) is 6.97. The number of sulfonamides is 1. The van der Waals surface area contributed by atoms with Crippen molar-refractivity contribution >= 4 is 49.0 Å². The van der Waals surface area contributed by atoms with Gasteiger partial charge in [0.05, 0.1) is 35.8 Å². The van der Waals surface area contributed by atoms with Crippen molar-refractivity contribution in [2.45, 2.75) is 0 Å². The Morgan fingerprint density at radius 3 is 2.57 bits per heavy atom. The van der Waals surface area contributed by atoms with Crippen LogP contribution >= 0.6 is 0 Å². The number of ether oxygens (including phenoxy) is 1. The van der Waals surface area contributed by atoms with Crippen molar-refractivity contribution in [2.24, 2.45) is 0 Å². The van der Waals surface area contributed by atoms with Crippen LogP contribution in [0.4, 0.5) is 17.1 Å². The Morgan fingerprint density at radius 1 is 1.00 bits per heavy atom. The normalized spacial score (nSPS) is 11.5. The molecular formula is C20H18N4O3S. The molecule has 8 heteroatoms. The van der Waals surface area contributed by atoms with Gasteiger partial charge in [-0.1, -0.05) is 18.2 Å². The maximum absolute atomic E-state index is 11.5. The largest absolute Gasteiger partial charge is 0.494 e. The highest BCUT2D eigenvalue weighted by atomic mass is 32.2. The summed E-state index contributed by atoms with van der Waals surface area (Å²) in [5, 5.41) is 4.33. The van der Waals surface area contributed by atoms with Crippen LogP contribution in [0.1, 0.15) is 0 Å². The van der Waals surface area contributed by atoms with E-state index in [0.717, 1.165) is 39.6 Å². The van der Waals surface area contributed by atoms with E-state index in [4.69, 9.17) is 4.74 Å². The van der Waals surface area contributed by atoms with Crippen molar-refractivity contribution in [1.29, 1.82) is 0 Å². The van der Waals surface area contributed by atoms with Gasteiger partial charge in [0.25, 0.3) is 0 Å². The van der Waals surface area contributed by atoms with Crippen LogP contribution < -0.4 is 14.8 Å². The minimum atomic E-state index is -3.41. The maximum atomic E-state index is 11.5. The van der Waals surface area contributed by atoms with E-state index in [2.05, 4.69) is 20.0 Å². The topological polar surface area (TPSA) is 93.2 Å². The molecule has 0 atom stereocenters. The van der Waals surface area contributed by atoms with E-state index in [1.54, 1.807) is 24.4 Å². The molecule has 0 saturated heterocycles. The Labute approximate surface area is 162 Å². The Morgan fingerprint density at radius 2 is 1.79 bits per heavy atom. The highest BCUT2D eigenvalue weighted by Gasteiger charge is 2.13. The standard InChI is InChI=1S/C20H18N4O3S/c1-27-18-12-13(9-10-16(18)24-28(2,25)26)22-19-14-6-3-4-7-15(14)23-17-8-5-11-21-20(17)19/h3-12,24H,1-2H3,(H,22,23). The smallest absolute Gasteiger partial charge is 0.229 e. The average molecular weight is 394 g/mol. The number of rotatable bonds is 5. The van der Waals surface area contributed by atoms with Gasteiger partial charge in [0.2, 0.25) is 10.0 Å². The van der Waals surface area contributed by atoms with E-state index in [1.807, 2.05) is 36.4 Å². The van der Waals surface area contributed by atoms with Crippen molar-refractivity contribution in [3.63, 3.8) is 0 Å². The first-order valence-corrected chi connectivity index (χ1v) is 10.4.